The molecule has 2 heterocycles. The van der Waals surface area contributed by atoms with Crippen LogP contribution in [0.2, 0.25) is 0 Å². The van der Waals surface area contributed by atoms with Gasteiger partial charge in [0.2, 0.25) is 5.91 Å². The maximum atomic E-state index is 13.0. The Morgan fingerprint density at radius 1 is 1.23 bits per heavy atom. The number of nitrogens with zero attached hydrogens (tertiary/aromatic N) is 3. The number of hydrogen-bond acceptors (Lipinski definition) is 4. The Labute approximate surface area is 155 Å². The summed E-state index contributed by atoms with van der Waals surface area (Å²) in [5.74, 6) is -0.620. The zero-order valence-electron chi connectivity index (χ0n) is 15.7. The molecule has 2 aliphatic heterocycles. The van der Waals surface area contributed by atoms with E-state index in [4.69, 9.17) is 5.11 Å². The van der Waals surface area contributed by atoms with Crippen molar-refractivity contribution in [2.24, 2.45) is 0 Å². The van der Waals surface area contributed by atoms with Crippen molar-refractivity contribution in [2.45, 2.75) is 44.7 Å². The van der Waals surface area contributed by atoms with Gasteiger partial charge in [-0.05, 0) is 57.8 Å². The molecule has 2 unspecified atom stereocenters. The maximum Gasteiger partial charge on any atom is 0.317 e. The number of anilines is 1. The van der Waals surface area contributed by atoms with E-state index in [1.165, 1.54) is 5.56 Å². The molecule has 26 heavy (non-hydrogen) atoms. The average Bonchev–Trinajstić information content (AvgIpc) is 2.75. The lowest BCUT2D eigenvalue weighted by molar-refractivity contribution is -0.138. The van der Waals surface area contributed by atoms with Crippen LogP contribution in [0, 0.1) is 0 Å². The number of amides is 1. The fourth-order valence-corrected chi connectivity index (χ4v) is 4.29. The summed E-state index contributed by atoms with van der Waals surface area (Å²) in [6.45, 7) is 4.36. The van der Waals surface area contributed by atoms with Crippen LogP contribution in [0.15, 0.2) is 24.3 Å². The number of carbonyl (C=O) groups excluding carboxylic acids is 1. The largest absolute Gasteiger partial charge is 0.480 e. The average molecular weight is 359 g/mol. The zero-order valence-corrected chi connectivity index (χ0v) is 15.7. The van der Waals surface area contributed by atoms with Gasteiger partial charge in [-0.1, -0.05) is 18.2 Å². The molecule has 1 amide bonds. The van der Waals surface area contributed by atoms with Crippen LogP contribution >= 0.6 is 0 Å². The van der Waals surface area contributed by atoms with Crippen molar-refractivity contribution in [1.29, 1.82) is 0 Å². The quantitative estimate of drug-likeness (QED) is 0.869. The molecule has 6 nitrogen and oxygen atoms in total. The SMILES string of the molecule is CC1Cc2ccccc2N1C(=O)CN1CCCC(N(C)CC(=O)O)CC1. The lowest BCUT2D eigenvalue weighted by Gasteiger charge is -2.28. The van der Waals surface area contributed by atoms with Gasteiger partial charge in [-0.3, -0.25) is 19.4 Å². The lowest BCUT2D eigenvalue weighted by Crippen LogP contribution is -2.43. The number of rotatable bonds is 5. The predicted molar refractivity (Wildman–Crippen MR) is 101 cm³/mol. The minimum atomic E-state index is -0.787. The normalized spacial score (nSPS) is 23.7. The van der Waals surface area contributed by atoms with Crippen molar-refractivity contribution in [3.05, 3.63) is 29.8 Å². The molecule has 1 fully saturated rings. The van der Waals surface area contributed by atoms with Crippen LogP contribution < -0.4 is 4.90 Å². The van der Waals surface area contributed by atoms with Crippen molar-refractivity contribution in [3.63, 3.8) is 0 Å². The van der Waals surface area contributed by atoms with E-state index in [1.807, 2.05) is 35.0 Å². The molecule has 1 saturated heterocycles. The molecule has 2 aliphatic rings. The first kappa shape index (κ1) is 18.9. The van der Waals surface area contributed by atoms with E-state index >= 15 is 0 Å². The fraction of sp³-hybridized carbons (Fsp3) is 0.600. The lowest BCUT2D eigenvalue weighted by atomic mass is 10.1. The second-order valence-corrected chi connectivity index (χ2v) is 7.62. The second kappa shape index (κ2) is 8.18. The van der Waals surface area contributed by atoms with Crippen LogP contribution in [0.4, 0.5) is 5.69 Å². The first-order valence-corrected chi connectivity index (χ1v) is 9.50. The molecule has 0 saturated carbocycles. The van der Waals surface area contributed by atoms with Crippen molar-refractivity contribution in [1.82, 2.24) is 9.80 Å². The molecule has 1 N–H and O–H groups in total. The molecule has 0 radical (unpaired) electrons. The van der Waals surface area contributed by atoms with E-state index in [0.29, 0.717) is 6.54 Å². The minimum absolute atomic E-state index is 0.0751. The van der Waals surface area contributed by atoms with Gasteiger partial charge in [0.05, 0.1) is 13.1 Å². The van der Waals surface area contributed by atoms with Gasteiger partial charge in [-0.2, -0.15) is 0 Å². The summed E-state index contributed by atoms with van der Waals surface area (Å²) >= 11 is 0. The van der Waals surface area contributed by atoms with E-state index in [0.717, 1.165) is 44.5 Å². The summed E-state index contributed by atoms with van der Waals surface area (Å²) < 4.78 is 0. The summed E-state index contributed by atoms with van der Waals surface area (Å²) in [5.41, 5.74) is 2.30. The number of fused-ring (bicyclic) bond motifs is 1. The molecule has 0 spiro atoms. The molecule has 142 valence electrons. The molecule has 3 rings (SSSR count). The molecule has 0 bridgehead atoms. The Hall–Kier alpha value is -1.92. The molecular weight excluding hydrogens is 330 g/mol. The van der Waals surface area contributed by atoms with E-state index < -0.39 is 5.97 Å². The van der Waals surface area contributed by atoms with Crippen LogP contribution in [0.3, 0.4) is 0 Å². The summed E-state index contributed by atoms with van der Waals surface area (Å²) in [6.07, 6.45) is 3.80. The van der Waals surface area contributed by atoms with Gasteiger partial charge in [-0.15, -0.1) is 0 Å². The molecule has 2 atom stereocenters. The number of hydrogen-bond donors (Lipinski definition) is 1. The van der Waals surface area contributed by atoms with Gasteiger partial charge in [0, 0.05) is 24.3 Å². The van der Waals surface area contributed by atoms with Gasteiger partial charge in [-0.25, -0.2) is 0 Å². The number of likely N-dealkylation sites (N-methyl/N-ethyl adjacent to an activating group) is 1. The highest BCUT2D eigenvalue weighted by Crippen LogP contribution is 2.32. The molecular formula is C20H29N3O3. The summed E-state index contributed by atoms with van der Waals surface area (Å²) in [6, 6.07) is 8.65. The maximum absolute atomic E-state index is 13.0. The van der Waals surface area contributed by atoms with Crippen molar-refractivity contribution >= 4 is 17.6 Å². The molecule has 1 aromatic rings. The van der Waals surface area contributed by atoms with E-state index in [1.54, 1.807) is 0 Å². The Kier molecular flexibility index (Phi) is 5.94. The first-order chi connectivity index (χ1) is 12.5. The summed E-state index contributed by atoms with van der Waals surface area (Å²) in [7, 11) is 1.88. The first-order valence-electron chi connectivity index (χ1n) is 9.50. The third-order valence-corrected chi connectivity index (χ3v) is 5.63. The highest BCUT2D eigenvalue weighted by Gasteiger charge is 2.31. The molecule has 6 heteroatoms. The van der Waals surface area contributed by atoms with Crippen LogP contribution in [-0.4, -0.2) is 72.1 Å². The highest BCUT2D eigenvalue weighted by atomic mass is 16.4. The van der Waals surface area contributed by atoms with Gasteiger partial charge >= 0.3 is 5.97 Å². The smallest absolute Gasteiger partial charge is 0.317 e. The number of carboxylic acid groups (broad SMARTS) is 1. The van der Waals surface area contributed by atoms with E-state index in [9.17, 15) is 9.59 Å². The number of para-hydroxylation sites is 1. The van der Waals surface area contributed by atoms with Crippen LogP contribution in [0.5, 0.6) is 0 Å². The third-order valence-electron chi connectivity index (χ3n) is 5.63. The van der Waals surface area contributed by atoms with Gasteiger partial charge in [0.15, 0.2) is 0 Å². The molecule has 0 aromatic heterocycles. The van der Waals surface area contributed by atoms with Crippen LogP contribution in [0.25, 0.3) is 0 Å². The summed E-state index contributed by atoms with van der Waals surface area (Å²) in [5, 5.41) is 8.98. The number of aliphatic carboxylic acids is 1. The second-order valence-electron chi connectivity index (χ2n) is 7.62. The zero-order chi connectivity index (χ0) is 18.7. The van der Waals surface area contributed by atoms with Crippen molar-refractivity contribution in [3.8, 4) is 0 Å². The highest BCUT2D eigenvalue weighted by molar-refractivity contribution is 5.97. The third kappa shape index (κ3) is 4.24. The van der Waals surface area contributed by atoms with E-state index in [2.05, 4.69) is 17.9 Å². The number of carbonyl (C=O) groups is 2. The van der Waals surface area contributed by atoms with Gasteiger partial charge in [0.1, 0.15) is 0 Å². The fourth-order valence-electron chi connectivity index (χ4n) is 4.29. The Bertz CT molecular complexity index is 663. The standard InChI is InChI=1S/C20H29N3O3/c1-15-12-16-6-3-4-8-18(16)23(15)19(24)13-22-10-5-7-17(9-11-22)21(2)14-20(25)26/h3-4,6,8,15,17H,5,7,9-14H2,1-2H3,(H,25,26). The minimum Gasteiger partial charge on any atom is -0.480 e. The van der Waals surface area contributed by atoms with Crippen LogP contribution in [0.1, 0.15) is 31.7 Å². The summed E-state index contributed by atoms with van der Waals surface area (Å²) in [4.78, 5) is 30.0. The van der Waals surface area contributed by atoms with Gasteiger partial charge in [0.25, 0.3) is 0 Å². The number of likely N-dealkylation sites (tertiary alicyclic amines) is 1. The molecule has 1 aromatic carbocycles. The number of carboxylic acids is 1. The van der Waals surface area contributed by atoms with Crippen molar-refractivity contribution in [2.75, 3.05) is 38.1 Å². The van der Waals surface area contributed by atoms with E-state index in [-0.39, 0.29) is 24.5 Å². The predicted octanol–water partition coefficient (Wildman–Crippen LogP) is 1.84. The Morgan fingerprint density at radius 2 is 2.00 bits per heavy atom. The van der Waals surface area contributed by atoms with Crippen molar-refractivity contribution < 1.29 is 14.7 Å². The number of benzene rings is 1. The molecule has 0 aliphatic carbocycles. The Morgan fingerprint density at radius 3 is 2.77 bits per heavy atom. The Balaban J connectivity index is 1.58. The monoisotopic (exact) mass is 359 g/mol. The van der Waals surface area contributed by atoms with Gasteiger partial charge < -0.3 is 10.0 Å². The van der Waals surface area contributed by atoms with Crippen LogP contribution in [-0.2, 0) is 16.0 Å². The topological polar surface area (TPSA) is 64.1 Å².